The molecule has 118 valence electrons. The van der Waals surface area contributed by atoms with E-state index in [1.54, 1.807) is 6.07 Å². The molecule has 0 aliphatic rings. The second-order valence-electron chi connectivity index (χ2n) is 4.63. The Morgan fingerprint density at radius 2 is 2.17 bits per heavy atom. The number of anilines is 1. The third-order valence-electron chi connectivity index (χ3n) is 3.23. The number of hydrogen-bond acceptors (Lipinski definition) is 6. The van der Waals surface area contributed by atoms with Crippen molar-refractivity contribution < 1.29 is 18.8 Å². The Kier molecular flexibility index (Phi) is 4.00. The average molecular weight is 318 g/mol. The van der Waals surface area contributed by atoms with E-state index >= 15 is 0 Å². The SMILES string of the molecule is COC(=O)c1c(N)c(C#N)cn1-c1c(C)cc(F)cc1[N+](=O)[O-]. The van der Waals surface area contributed by atoms with Gasteiger partial charge in [-0.2, -0.15) is 5.26 Å². The van der Waals surface area contributed by atoms with Crippen LogP contribution >= 0.6 is 0 Å². The van der Waals surface area contributed by atoms with Crippen LogP contribution in [0.4, 0.5) is 15.8 Å². The smallest absolute Gasteiger partial charge is 0.357 e. The van der Waals surface area contributed by atoms with Crippen LogP contribution in [-0.4, -0.2) is 22.6 Å². The number of esters is 1. The van der Waals surface area contributed by atoms with Crippen LogP contribution in [0.15, 0.2) is 18.3 Å². The molecule has 2 rings (SSSR count). The van der Waals surface area contributed by atoms with E-state index in [9.17, 15) is 19.3 Å². The molecule has 0 bridgehead atoms. The maximum absolute atomic E-state index is 13.5. The van der Waals surface area contributed by atoms with E-state index in [2.05, 4.69) is 4.74 Å². The largest absolute Gasteiger partial charge is 0.464 e. The molecule has 1 aromatic carbocycles. The molecular weight excluding hydrogens is 307 g/mol. The highest BCUT2D eigenvalue weighted by Crippen LogP contribution is 2.32. The van der Waals surface area contributed by atoms with Crippen molar-refractivity contribution >= 4 is 17.3 Å². The van der Waals surface area contributed by atoms with Crippen LogP contribution in [0.25, 0.3) is 5.69 Å². The second kappa shape index (κ2) is 5.76. The molecule has 0 atom stereocenters. The molecule has 0 aliphatic heterocycles. The van der Waals surface area contributed by atoms with Gasteiger partial charge in [0.05, 0.1) is 29.4 Å². The number of nitrogens with two attached hydrogens (primary N) is 1. The third-order valence-corrected chi connectivity index (χ3v) is 3.23. The van der Waals surface area contributed by atoms with Crippen LogP contribution in [0.3, 0.4) is 0 Å². The fraction of sp³-hybridized carbons (Fsp3) is 0.143. The number of methoxy groups -OCH3 is 1. The molecule has 1 heterocycles. The number of nitro benzene ring substituents is 1. The first-order chi connectivity index (χ1) is 10.8. The van der Waals surface area contributed by atoms with Crippen LogP contribution in [-0.2, 0) is 4.74 Å². The molecule has 2 aromatic rings. The molecule has 2 N–H and O–H groups in total. The number of nitro groups is 1. The van der Waals surface area contributed by atoms with Gasteiger partial charge in [0.2, 0.25) is 0 Å². The average Bonchev–Trinajstić information content (AvgIpc) is 2.82. The maximum Gasteiger partial charge on any atom is 0.357 e. The van der Waals surface area contributed by atoms with E-state index in [1.807, 2.05) is 0 Å². The number of nitrogens with zero attached hydrogens (tertiary/aromatic N) is 3. The molecule has 0 saturated heterocycles. The summed E-state index contributed by atoms with van der Waals surface area (Å²) < 4.78 is 19.2. The lowest BCUT2D eigenvalue weighted by Gasteiger charge is -2.11. The van der Waals surface area contributed by atoms with E-state index in [0.29, 0.717) is 0 Å². The van der Waals surface area contributed by atoms with Crippen molar-refractivity contribution in [3.05, 3.63) is 51.1 Å². The van der Waals surface area contributed by atoms with E-state index in [4.69, 9.17) is 11.0 Å². The molecule has 0 fully saturated rings. The van der Waals surface area contributed by atoms with Gasteiger partial charge in [0.15, 0.2) is 5.69 Å². The predicted molar refractivity (Wildman–Crippen MR) is 77.6 cm³/mol. The van der Waals surface area contributed by atoms with Crippen molar-refractivity contribution in [1.29, 1.82) is 5.26 Å². The van der Waals surface area contributed by atoms with Gasteiger partial charge in [-0.1, -0.05) is 0 Å². The lowest BCUT2D eigenvalue weighted by Crippen LogP contribution is -2.13. The summed E-state index contributed by atoms with van der Waals surface area (Å²) in [6.45, 7) is 1.44. The summed E-state index contributed by atoms with van der Waals surface area (Å²) in [5.74, 6) is -1.67. The zero-order valence-electron chi connectivity index (χ0n) is 12.2. The Labute approximate surface area is 129 Å². The minimum atomic E-state index is -0.873. The first kappa shape index (κ1) is 16.0. The number of nitriles is 1. The molecule has 23 heavy (non-hydrogen) atoms. The standard InChI is InChI=1S/C14H11FN4O4/c1-7-3-9(15)4-10(19(21)22)12(7)18-6-8(5-16)11(17)13(18)14(20)23-2/h3-4,6H,17H2,1-2H3. The molecule has 0 amide bonds. The summed E-state index contributed by atoms with van der Waals surface area (Å²) in [7, 11) is 1.11. The number of nitrogen functional groups attached to an aromatic ring is 1. The number of hydrogen-bond donors (Lipinski definition) is 1. The third kappa shape index (κ3) is 2.57. The minimum Gasteiger partial charge on any atom is -0.464 e. The molecule has 0 aliphatic carbocycles. The highest BCUT2D eigenvalue weighted by Gasteiger charge is 2.27. The lowest BCUT2D eigenvalue weighted by molar-refractivity contribution is -0.384. The van der Waals surface area contributed by atoms with Gasteiger partial charge >= 0.3 is 5.97 Å². The summed E-state index contributed by atoms with van der Waals surface area (Å²) in [6.07, 6.45) is 1.18. The zero-order chi connectivity index (χ0) is 17.3. The molecule has 0 saturated carbocycles. The van der Waals surface area contributed by atoms with Crippen LogP contribution in [0, 0.1) is 34.2 Å². The van der Waals surface area contributed by atoms with E-state index in [0.717, 1.165) is 23.8 Å². The van der Waals surface area contributed by atoms with Gasteiger partial charge in [-0.05, 0) is 18.6 Å². The van der Waals surface area contributed by atoms with Crippen LogP contribution in [0.2, 0.25) is 0 Å². The normalized spacial score (nSPS) is 10.2. The van der Waals surface area contributed by atoms with Gasteiger partial charge < -0.3 is 15.0 Å². The second-order valence-corrected chi connectivity index (χ2v) is 4.63. The Hall–Kier alpha value is -3.41. The highest BCUT2D eigenvalue weighted by atomic mass is 19.1. The number of carbonyl (C=O) groups excluding carboxylic acids is 1. The molecular formula is C14H11FN4O4. The van der Waals surface area contributed by atoms with Crippen molar-refractivity contribution in [2.24, 2.45) is 0 Å². The first-order valence-electron chi connectivity index (χ1n) is 6.26. The zero-order valence-corrected chi connectivity index (χ0v) is 12.2. The maximum atomic E-state index is 13.5. The monoisotopic (exact) mass is 318 g/mol. The molecule has 9 heteroatoms. The van der Waals surface area contributed by atoms with Gasteiger partial charge in [0, 0.05) is 6.20 Å². The predicted octanol–water partition coefficient (Wildman–Crippen LogP) is 2.07. The summed E-state index contributed by atoms with van der Waals surface area (Å²) in [4.78, 5) is 22.4. The Balaban J connectivity index is 2.91. The van der Waals surface area contributed by atoms with E-state index in [1.165, 1.54) is 13.1 Å². The van der Waals surface area contributed by atoms with Gasteiger partial charge in [0.25, 0.3) is 5.69 Å². The summed E-state index contributed by atoms with van der Waals surface area (Å²) in [5, 5.41) is 20.3. The van der Waals surface area contributed by atoms with E-state index < -0.39 is 22.4 Å². The van der Waals surface area contributed by atoms with Crippen molar-refractivity contribution in [2.45, 2.75) is 6.92 Å². The fourth-order valence-corrected chi connectivity index (χ4v) is 2.26. The molecule has 8 nitrogen and oxygen atoms in total. The van der Waals surface area contributed by atoms with Gasteiger partial charge in [-0.25, -0.2) is 9.18 Å². The summed E-state index contributed by atoms with van der Waals surface area (Å²) >= 11 is 0. The van der Waals surface area contributed by atoms with Crippen LogP contribution in [0.1, 0.15) is 21.6 Å². The summed E-state index contributed by atoms with van der Waals surface area (Å²) in [5.41, 5.74) is 4.86. The number of rotatable bonds is 3. The van der Waals surface area contributed by atoms with Crippen LogP contribution in [0.5, 0.6) is 0 Å². The van der Waals surface area contributed by atoms with E-state index in [-0.39, 0.29) is 28.2 Å². The Bertz CT molecular complexity index is 867. The topological polar surface area (TPSA) is 124 Å². The number of carbonyl (C=O) groups is 1. The summed E-state index contributed by atoms with van der Waals surface area (Å²) in [6, 6.07) is 3.59. The first-order valence-corrected chi connectivity index (χ1v) is 6.26. The van der Waals surface area contributed by atoms with Crippen LogP contribution < -0.4 is 5.73 Å². The van der Waals surface area contributed by atoms with Crippen molar-refractivity contribution in [2.75, 3.05) is 12.8 Å². The highest BCUT2D eigenvalue weighted by molar-refractivity contribution is 5.96. The van der Waals surface area contributed by atoms with Crippen molar-refractivity contribution in [1.82, 2.24) is 4.57 Å². The number of benzene rings is 1. The number of aromatic nitrogens is 1. The molecule has 1 aromatic heterocycles. The van der Waals surface area contributed by atoms with Crippen molar-refractivity contribution in [3.8, 4) is 11.8 Å². The quantitative estimate of drug-likeness (QED) is 0.525. The lowest BCUT2D eigenvalue weighted by atomic mass is 10.1. The van der Waals surface area contributed by atoms with Gasteiger partial charge in [0.1, 0.15) is 17.6 Å². The Morgan fingerprint density at radius 1 is 1.52 bits per heavy atom. The minimum absolute atomic E-state index is 0.0524. The number of ether oxygens (including phenoxy) is 1. The molecule has 0 unspecified atom stereocenters. The fourth-order valence-electron chi connectivity index (χ4n) is 2.26. The van der Waals surface area contributed by atoms with Crippen molar-refractivity contribution in [3.63, 3.8) is 0 Å². The molecule has 0 radical (unpaired) electrons. The van der Waals surface area contributed by atoms with Gasteiger partial charge in [-0.15, -0.1) is 0 Å². The number of halogens is 1. The Morgan fingerprint density at radius 3 is 2.70 bits per heavy atom. The number of aryl methyl sites for hydroxylation is 1. The van der Waals surface area contributed by atoms with Gasteiger partial charge in [-0.3, -0.25) is 10.1 Å². The molecule has 0 spiro atoms.